The zero-order valence-electron chi connectivity index (χ0n) is 19.2. The number of nitrogens with one attached hydrogen (secondary N) is 1. The van der Waals surface area contributed by atoms with Crippen molar-refractivity contribution in [2.45, 2.75) is 58.8 Å². The topological polar surface area (TPSA) is 88.0 Å². The number of nitrogens with zero attached hydrogens (tertiary/aromatic N) is 7. The summed E-state index contributed by atoms with van der Waals surface area (Å²) in [5, 5.41) is 18.0. The quantitative estimate of drug-likeness (QED) is 0.571. The van der Waals surface area contributed by atoms with Crippen LogP contribution in [0.25, 0.3) is 0 Å². The summed E-state index contributed by atoms with van der Waals surface area (Å²) in [6, 6.07) is 7.00. The van der Waals surface area contributed by atoms with E-state index in [4.69, 9.17) is 16.3 Å². The fourth-order valence-corrected chi connectivity index (χ4v) is 3.79. The Balaban J connectivity index is 2.15. The van der Waals surface area contributed by atoms with Crippen LogP contribution in [0.4, 0.5) is 0 Å². The standard InChI is InChI=1S/C21H31ClN8O/c1-8-21(5,28(6)7)19-25-26-27-30(19)17(20(2,3)4)18(29-14-23-13-24-29)31-16-11-9-15(22)10-12-16/h9-14,17-18H,8H2,1-7H3/p+1/t17-,18+,21+/m1/s1. The van der Waals surface area contributed by atoms with Crippen LogP contribution >= 0.6 is 11.6 Å². The molecule has 0 saturated heterocycles. The normalized spacial score (nSPS) is 16.2. The Bertz CT molecular complexity index is 964. The van der Waals surface area contributed by atoms with E-state index in [1.54, 1.807) is 23.1 Å². The first-order valence-electron chi connectivity index (χ1n) is 10.4. The van der Waals surface area contributed by atoms with E-state index in [-0.39, 0.29) is 17.0 Å². The van der Waals surface area contributed by atoms with Gasteiger partial charge in [-0.15, -0.1) is 5.10 Å². The van der Waals surface area contributed by atoms with Crippen molar-refractivity contribution in [2.24, 2.45) is 5.41 Å². The minimum absolute atomic E-state index is 0.274. The minimum Gasteiger partial charge on any atom is -0.466 e. The number of hydrogen-bond acceptors (Lipinski definition) is 6. The Kier molecular flexibility index (Phi) is 6.66. The highest BCUT2D eigenvalue weighted by molar-refractivity contribution is 6.30. The molecule has 1 aromatic carbocycles. The number of tetrazole rings is 1. The monoisotopic (exact) mass is 447 g/mol. The van der Waals surface area contributed by atoms with Gasteiger partial charge in [0.05, 0.1) is 14.1 Å². The molecule has 2 aromatic heterocycles. The van der Waals surface area contributed by atoms with Crippen molar-refractivity contribution < 1.29 is 9.64 Å². The summed E-state index contributed by atoms with van der Waals surface area (Å²) >= 11 is 6.06. The molecule has 10 heteroatoms. The van der Waals surface area contributed by atoms with Gasteiger partial charge in [-0.05, 0) is 47.0 Å². The number of quaternary nitrogens is 1. The lowest BCUT2D eigenvalue weighted by atomic mass is 9.84. The molecule has 0 aliphatic heterocycles. The fraction of sp³-hybridized carbons (Fsp3) is 0.571. The van der Waals surface area contributed by atoms with Crippen LogP contribution in [0.2, 0.25) is 5.02 Å². The second-order valence-corrected chi connectivity index (χ2v) is 9.72. The summed E-state index contributed by atoms with van der Waals surface area (Å²) in [5.41, 5.74) is -0.552. The van der Waals surface area contributed by atoms with E-state index in [9.17, 15) is 0 Å². The van der Waals surface area contributed by atoms with Crippen LogP contribution in [0.3, 0.4) is 0 Å². The van der Waals surface area contributed by atoms with Crippen LogP contribution in [0.15, 0.2) is 36.9 Å². The molecular formula is C21H32ClN8O+. The van der Waals surface area contributed by atoms with Crippen molar-refractivity contribution in [1.29, 1.82) is 0 Å². The largest absolute Gasteiger partial charge is 0.466 e. The number of ether oxygens (including phenoxy) is 1. The van der Waals surface area contributed by atoms with E-state index in [1.807, 2.05) is 16.8 Å². The second kappa shape index (κ2) is 8.92. The van der Waals surface area contributed by atoms with Crippen molar-refractivity contribution >= 4 is 11.6 Å². The third-order valence-electron chi connectivity index (χ3n) is 5.99. The summed E-state index contributed by atoms with van der Waals surface area (Å²) in [7, 11) is 4.24. The summed E-state index contributed by atoms with van der Waals surface area (Å²) in [6.07, 6.45) is 3.49. The van der Waals surface area contributed by atoms with Gasteiger partial charge < -0.3 is 9.64 Å². The van der Waals surface area contributed by atoms with Gasteiger partial charge in [0.25, 0.3) is 0 Å². The van der Waals surface area contributed by atoms with Crippen LogP contribution in [-0.4, -0.2) is 49.1 Å². The summed E-state index contributed by atoms with van der Waals surface area (Å²) < 4.78 is 10.1. The van der Waals surface area contributed by atoms with Gasteiger partial charge in [0, 0.05) is 11.4 Å². The van der Waals surface area contributed by atoms with Crippen LogP contribution in [-0.2, 0) is 5.54 Å². The summed E-state index contributed by atoms with van der Waals surface area (Å²) in [4.78, 5) is 5.39. The third kappa shape index (κ3) is 4.72. The first kappa shape index (κ1) is 23.1. The van der Waals surface area contributed by atoms with Gasteiger partial charge in [0.1, 0.15) is 24.4 Å². The number of rotatable bonds is 8. The average molecular weight is 448 g/mol. The van der Waals surface area contributed by atoms with Crippen molar-refractivity contribution in [3.05, 3.63) is 47.8 Å². The van der Waals surface area contributed by atoms with E-state index in [1.165, 1.54) is 11.2 Å². The molecule has 168 valence electrons. The Hall–Kier alpha value is -2.52. The molecule has 31 heavy (non-hydrogen) atoms. The highest BCUT2D eigenvalue weighted by Gasteiger charge is 2.45. The van der Waals surface area contributed by atoms with Crippen molar-refractivity contribution in [3.8, 4) is 5.75 Å². The first-order chi connectivity index (χ1) is 14.6. The molecule has 2 heterocycles. The molecule has 0 unspecified atom stereocenters. The predicted octanol–water partition coefficient (Wildman–Crippen LogP) is 2.55. The average Bonchev–Trinajstić information content (AvgIpc) is 3.39. The molecule has 3 aromatic rings. The first-order valence-corrected chi connectivity index (χ1v) is 10.8. The number of benzene rings is 1. The number of hydrogen-bond donors (Lipinski definition) is 1. The van der Waals surface area contributed by atoms with Gasteiger partial charge in [-0.2, -0.15) is 5.10 Å². The maximum Gasteiger partial charge on any atom is 0.215 e. The lowest BCUT2D eigenvalue weighted by Crippen LogP contribution is -3.13. The van der Waals surface area contributed by atoms with Gasteiger partial charge >= 0.3 is 0 Å². The van der Waals surface area contributed by atoms with Crippen LogP contribution in [0.5, 0.6) is 5.75 Å². The molecule has 1 N–H and O–H groups in total. The molecule has 9 nitrogen and oxygen atoms in total. The van der Waals surface area contributed by atoms with E-state index in [0.29, 0.717) is 10.8 Å². The zero-order valence-corrected chi connectivity index (χ0v) is 20.0. The van der Waals surface area contributed by atoms with E-state index < -0.39 is 6.23 Å². The molecule has 0 spiro atoms. The molecular weight excluding hydrogens is 416 g/mol. The molecule has 0 amide bonds. The number of halogens is 1. The van der Waals surface area contributed by atoms with Gasteiger partial charge in [0.2, 0.25) is 12.1 Å². The summed E-state index contributed by atoms with van der Waals surface area (Å²) in [6.45, 7) is 10.8. The minimum atomic E-state index is -0.538. The Morgan fingerprint density at radius 3 is 2.32 bits per heavy atom. The molecule has 0 aliphatic rings. The van der Waals surface area contributed by atoms with Gasteiger partial charge in [-0.3, -0.25) is 0 Å². The van der Waals surface area contributed by atoms with Crippen molar-refractivity contribution in [1.82, 2.24) is 35.0 Å². The zero-order chi connectivity index (χ0) is 22.8. The molecule has 0 fully saturated rings. The van der Waals surface area contributed by atoms with Crippen LogP contribution in [0, 0.1) is 5.41 Å². The smallest absolute Gasteiger partial charge is 0.215 e. The molecule has 0 bridgehead atoms. The van der Waals surface area contributed by atoms with Gasteiger partial charge in [-0.25, -0.2) is 14.3 Å². The van der Waals surface area contributed by atoms with Crippen LogP contribution in [0.1, 0.15) is 59.1 Å². The molecule has 0 saturated carbocycles. The van der Waals surface area contributed by atoms with Gasteiger partial charge in [-0.1, -0.05) is 39.3 Å². The van der Waals surface area contributed by atoms with Crippen molar-refractivity contribution in [3.63, 3.8) is 0 Å². The highest BCUT2D eigenvalue weighted by Crippen LogP contribution is 2.41. The lowest BCUT2D eigenvalue weighted by Gasteiger charge is -2.39. The van der Waals surface area contributed by atoms with Crippen molar-refractivity contribution in [2.75, 3.05) is 14.1 Å². The van der Waals surface area contributed by atoms with E-state index >= 15 is 0 Å². The van der Waals surface area contributed by atoms with E-state index in [2.05, 4.69) is 74.3 Å². The molecule has 0 radical (unpaired) electrons. The Morgan fingerprint density at radius 2 is 1.81 bits per heavy atom. The number of aromatic nitrogens is 7. The molecule has 3 rings (SSSR count). The maximum absolute atomic E-state index is 6.47. The Morgan fingerprint density at radius 1 is 1.13 bits per heavy atom. The highest BCUT2D eigenvalue weighted by atomic mass is 35.5. The molecule has 3 atom stereocenters. The maximum atomic E-state index is 6.47. The molecule has 0 aliphatic carbocycles. The van der Waals surface area contributed by atoms with E-state index in [0.717, 1.165) is 12.2 Å². The SMILES string of the molecule is CC[C@@](C)(c1nnnn1[C@H]([C@H](Oc1ccc(Cl)cc1)n1cncn1)C(C)(C)C)[NH+](C)C. The predicted molar refractivity (Wildman–Crippen MR) is 118 cm³/mol. The third-order valence-corrected chi connectivity index (χ3v) is 6.24. The van der Waals surface area contributed by atoms with Crippen LogP contribution < -0.4 is 9.64 Å². The summed E-state index contributed by atoms with van der Waals surface area (Å²) in [5.74, 6) is 1.48. The fourth-order valence-electron chi connectivity index (χ4n) is 3.66. The Labute approximate surface area is 188 Å². The lowest BCUT2D eigenvalue weighted by molar-refractivity contribution is -0.923. The van der Waals surface area contributed by atoms with Gasteiger partial charge in [0.15, 0.2) is 5.54 Å². The second-order valence-electron chi connectivity index (χ2n) is 9.28.